The van der Waals surface area contributed by atoms with Gasteiger partial charge in [0.15, 0.2) is 0 Å². The second kappa shape index (κ2) is 9.31. The van der Waals surface area contributed by atoms with E-state index < -0.39 is 0 Å². The lowest BCUT2D eigenvalue weighted by molar-refractivity contribution is -0.0979. The first-order valence-corrected chi connectivity index (χ1v) is 6.98. The van der Waals surface area contributed by atoms with Gasteiger partial charge in [0.25, 0.3) is 0 Å². The van der Waals surface area contributed by atoms with Gasteiger partial charge in [0.05, 0.1) is 10.7 Å². The zero-order chi connectivity index (χ0) is 13.3. The third-order valence-corrected chi connectivity index (χ3v) is 3.93. The number of hydrogen-bond acceptors (Lipinski definition) is 4. The maximum Gasteiger partial charge on any atom is 0.106 e. The highest BCUT2D eigenvalue weighted by Gasteiger charge is 2.12. The van der Waals surface area contributed by atoms with Crippen molar-refractivity contribution in [3.05, 3.63) is 15.6 Å². The lowest BCUT2D eigenvalue weighted by Gasteiger charge is -2.01. The fourth-order valence-corrected chi connectivity index (χ4v) is 2.85. The van der Waals surface area contributed by atoms with Crippen molar-refractivity contribution in [2.75, 3.05) is 6.54 Å². The standard InChI is InChI=1S/C12H22N2S.CH2O/c1-4-10-12(9(2)3)15-11(14-10)7-5-6-8-13;1-2/h9H,4-8,13H2,1-3H3;1H2. The van der Waals surface area contributed by atoms with E-state index in [1.54, 1.807) is 0 Å². The molecule has 1 aromatic rings. The van der Waals surface area contributed by atoms with Crippen LogP contribution in [-0.4, -0.2) is 18.3 Å². The number of unbranched alkanes of at least 4 members (excludes halogenated alkanes) is 1. The highest BCUT2D eigenvalue weighted by Crippen LogP contribution is 2.27. The zero-order valence-corrected chi connectivity index (χ0v) is 12.0. The molecular formula is C13H24N2OS. The Bertz CT molecular complexity index is 310. The first-order valence-electron chi connectivity index (χ1n) is 6.16. The van der Waals surface area contributed by atoms with Crippen molar-refractivity contribution in [1.82, 2.24) is 4.98 Å². The summed E-state index contributed by atoms with van der Waals surface area (Å²) in [6.07, 6.45) is 4.44. The SMILES string of the molecule is C=O.CCc1nc(CCCCN)sc1C(C)C. The maximum absolute atomic E-state index is 8.00. The number of rotatable bonds is 6. The van der Waals surface area contributed by atoms with Crippen molar-refractivity contribution in [2.24, 2.45) is 5.73 Å². The van der Waals surface area contributed by atoms with Gasteiger partial charge in [0.2, 0.25) is 0 Å². The Morgan fingerprint density at radius 1 is 1.35 bits per heavy atom. The lowest BCUT2D eigenvalue weighted by Crippen LogP contribution is -1.98. The summed E-state index contributed by atoms with van der Waals surface area (Å²) < 4.78 is 0. The third kappa shape index (κ3) is 5.41. The van der Waals surface area contributed by atoms with Crippen LogP contribution in [0.2, 0.25) is 0 Å². The summed E-state index contributed by atoms with van der Waals surface area (Å²) in [5.41, 5.74) is 6.79. The molecule has 2 N–H and O–H groups in total. The number of thiazole rings is 1. The summed E-state index contributed by atoms with van der Waals surface area (Å²) in [6, 6.07) is 0. The summed E-state index contributed by atoms with van der Waals surface area (Å²) in [7, 11) is 0. The predicted molar refractivity (Wildman–Crippen MR) is 74.7 cm³/mol. The van der Waals surface area contributed by atoms with Crippen LogP contribution in [0.5, 0.6) is 0 Å². The van der Waals surface area contributed by atoms with Gasteiger partial charge in [0.1, 0.15) is 6.79 Å². The van der Waals surface area contributed by atoms with Crippen LogP contribution in [0, 0.1) is 0 Å². The topological polar surface area (TPSA) is 56.0 Å². The molecule has 0 atom stereocenters. The Kier molecular flexibility index (Phi) is 8.90. The highest BCUT2D eigenvalue weighted by molar-refractivity contribution is 7.11. The largest absolute Gasteiger partial charge is 0.330 e. The average molecular weight is 256 g/mol. The molecule has 0 aliphatic carbocycles. The average Bonchev–Trinajstić information content (AvgIpc) is 2.75. The fourth-order valence-electron chi connectivity index (χ4n) is 1.65. The second-order valence-electron chi connectivity index (χ2n) is 4.17. The molecule has 98 valence electrons. The molecule has 4 heteroatoms. The minimum Gasteiger partial charge on any atom is -0.330 e. The van der Waals surface area contributed by atoms with Crippen LogP contribution in [0.3, 0.4) is 0 Å². The molecule has 3 nitrogen and oxygen atoms in total. The molecule has 17 heavy (non-hydrogen) atoms. The first kappa shape index (κ1) is 16.3. The Labute approximate surface area is 108 Å². The molecule has 0 spiro atoms. The van der Waals surface area contributed by atoms with E-state index in [0.717, 1.165) is 25.8 Å². The van der Waals surface area contributed by atoms with E-state index in [1.165, 1.54) is 22.0 Å². The number of carbonyl (C=O) groups excluding carboxylic acids is 1. The van der Waals surface area contributed by atoms with Crippen molar-refractivity contribution in [2.45, 2.75) is 52.4 Å². The Morgan fingerprint density at radius 3 is 2.41 bits per heavy atom. The van der Waals surface area contributed by atoms with E-state index in [2.05, 4.69) is 20.8 Å². The summed E-state index contributed by atoms with van der Waals surface area (Å²) in [4.78, 5) is 14.2. The molecule has 0 saturated heterocycles. The van der Waals surface area contributed by atoms with Crippen molar-refractivity contribution in [3.63, 3.8) is 0 Å². The molecule has 0 amide bonds. The summed E-state index contributed by atoms with van der Waals surface area (Å²) in [6.45, 7) is 9.47. The smallest absolute Gasteiger partial charge is 0.106 e. The zero-order valence-electron chi connectivity index (χ0n) is 11.2. The molecule has 0 fully saturated rings. The Balaban J connectivity index is 0.00000121. The number of carbonyl (C=O) groups is 1. The first-order chi connectivity index (χ1) is 8.19. The van der Waals surface area contributed by atoms with Crippen LogP contribution in [0.25, 0.3) is 0 Å². The molecule has 0 bridgehead atoms. The fraction of sp³-hybridized carbons (Fsp3) is 0.692. The van der Waals surface area contributed by atoms with Crippen LogP contribution in [0.15, 0.2) is 0 Å². The summed E-state index contributed by atoms with van der Waals surface area (Å²) >= 11 is 1.89. The van der Waals surface area contributed by atoms with Crippen molar-refractivity contribution < 1.29 is 4.79 Å². The molecule has 0 saturated carbocycles. The number of aryl methyl sites for hydroxylation is 2. The van der Waals surface area contributed by atoms with E-state index >= 15 is 0 Å². The molecule has 0 unspecified atom stereocenters. The van der Waals surface area contributed by atoms with Gasteiger partial charge in [0, 0.05) is 4.88 Å². The van der Waals surface area contributed by atoms with E-state index in [4.69, 9.17) is 15.5 Å². The molecule has 0 aliphatic heterocycles. The van der Waals surface area contributed by atoms with Crippen molar-refractivity contribution in [1.29, 1.82) is 0 Å². The Morgan fingerprint density at radius 2 is 2.00 bits per heavy atom. The van der Waals surface area contributed by atoms with Crippen LogP contribution in [0.1, 0.15) is 55.1 Å². The molecular weight excluding hydrogens is 232 g/mol. The molecule has 0 radical (unpaired) electrons. The van der Waals surface area contributed by atoms with E-state index in [9.17, 15) is 0 Å². The van der Waals surface area contributed by atoms with Gasteiger partial charge in [-0.2, -0.15) is 0 Å². The monoisotopic (exact) mass is 256 g/mol. The van der Waals surface area contributed by atoms with Gasteiger partial charge >= 0.3 is 0 Å². The highest BCUT2D eigenvalue weighted by atomic mass is 32.1. The number of nitrogens with two attached hydrogens (primary N) is 1. The second-order valence-corrected chi connectivity index (χ2v) is 5.29. The molecule has 0 aromatic carbocycles. The van der Waals surface area contributed by atoms with E-state index in [0.29, 0.717) is 5.92 Å². The minimum atomic E-state index is 0.612. The van der Waals surface area contributed by atoms with Crippen LogP contribution >= 0.6 is 11.3 Å². The van der Waals surface area contributed by atoms with Gasteiger partial charge in [-0.25, -0.2) is 4.98 Å². The third-order valence-electron chi connectivity index (χ3n) is 2.48. The molecule has 1 rings (SSSR count). The number of nitrogens with zero attached hydrogens (tertiary/aromatic N) is 1. The van der Waals surface area contributed by atoms with Gasteiger partial charge < -0.3 is 10.5 Å². The Hall–Kier alpha value is -0.740. The maximum atomic E-state index is 8.00. The van der Waals surface area contributed by atoms with E-state index in [1.807, 2.05) is 18.1 Å². The van der Waals surface area contributed by atoms with Crippen LogP contribution in [-0.2, 0) is 17.6 Å². The van der Waals surface area contributed by atoms with Crippen molar-refractivity contribution in [3.8, 4) is 0 Å². The molecule has 1 aromatic heterocycles. The predicted octanol–water partition coefficient (Wildman–Crippen LogP) is 2.93. The minimum absolute atomic E-state index is 0.612. The van der Waals surface area contributed by atoms with Gasteiger partial charge in [-0.1, -0.05) is 20.8 Å². The summed E-state index contributed by atoms with van der Waals surface area (Å²) in [5.74, 6) is 0.612. The number of hydrogen-bond donors (Lipinski definition) is 1. The van der Waals surface area contributed by atoms with Gasteiger partial charge in [-0.3, -0.25) is 0 Å². The van der Waals surface area contributed by atoms with Crippen molar-refractivity contribution >= 4 is 18.1 Å². The molecule has 0 aliphatic rings. The summed E-state index contributed by atoms with van der Waals surface area (Å²) in [5, 5.41) is 1.30. The van der Waals surface area contributed by atoms with Crippen LogP contribution in [0.4, 0.5) is 0 Å². The van der Waals surface area contributed by atoms with Crippen LogP contribution < -0.4 is 5.73 Å². The van der Waals surface area contributed by atoms with Gasteiger partial charge in [-0.05, 0) is 38.1 Å². The van der Waals surface area contributed by atoms with E-state index in [-0.39, 0.29) is 0 Å². The van der Waals surface area contributed by atoms with Gasteiger partial charge in [-0.15, -0.1) is 11.3 Å². The lowest BCUT2D eigenvalue weighted by atomic mass is 10.1. The number of aromatic nitrogens is 1. The normalized spacial score (nSPS) is 10.2. The quantitative estimate of drug-likeness (QED) is 0.796. The molecule has 1 heterocycles.